The van der Waals surface area contributed by atoms with Gasteiger partial charge in [-0.2, -0.15) is 0 Å². The molecule has 2 N–H and O–H groups in total. The Morgan fingerprint density at radius 3 is 2.65 bits per heavy atom. The third-order valence-corrected chi connectivity index (χ3v) is 4.39. The van der Waals surface area contributed by atoms with E-state index in [1.54, 1.807) is 6.92 Å². The Hall–Kier alpha value is -0.610. The van der Waals surface area contributed by atoms with Crippen LogP contribution < -0.4 is 5.32 Å². The molecule has 1 aliphatic rings. The Bertz CT molecular complexity index is 307. The molecule has 1 heterocycles. The maximum atomic E-state index is 11.4. The van der Waals surface area contributed by atoms with Crippen LogP contribution in [0.25, 0.3) is 0 Å². The summed E-state index contributed by atoms with van der Waals surface area (Å²) in [5.41, 5.74) is -0.790. The lowest BCUT2D eigenvalue weighted by Crippen LogP contribution is -2.52. The standard InChI is InChI=1S/C16H32N2O2/c1-13(2)17-16(4,15(19)20)10-6-8-12-18-11-7-5-9-14(18)3/h13-14,17H,5-12H2,1-4H3,(H,19,20). The molecule has 2 unspecified atom stereocenters. The summed E-state index contributed by atoms with van der Waals surface area (Å²) in [5.74, 6) is -0.738. The van der Waals surface area contributed by atoms with E-state index in [1.807, 2.05) is 13.8 Å². The molecule has 1 aliphatic heterocycles. The number of unbranched alkanes of at least 4 members (excludes halogenated alkanes) is 1. The highest BCUT2D eigenvalue weighted by molar-refractivity contribution is 5.78. The predicted molar refractivity (Wildman–Crippen MR) is 83.0 cm³/mol. The zero-order valence-electron chi connectivity index (χ0n) is 13.6. The van der Waals surface area contributed by atoms with Crippen molar-refractivity contribution in [2.24, 2.45) is 0 Å². The molecule has 0 saturated carbocycles. The molecular weight excluding hydrogens is 252 g/mol. The molecule has 0 aromatic heterocycles. The van der Waals surface area contributed by atoms with E-state index in [0.717, 1.165) is 19.4 Å². The largest absolute Gasteiger partial charge is 0.480 e. The summed E-state index contributed by atoms with van der Waals surface area (Å²) in [6.07, 6.45) is 6.72. The molecule has 0 aliphatic carbocycles. The minimum Gasteiger partial charge on any atom is -0.480 e. The molecule has 0 amide bonds. The van der Waals surface area contributed by atoms with Crippen LogP contribution in [0.5, 0.6) is 0 Å². The van der Waals surface area contributed by atoms with Crippen LogP contribution in [0, 0.1) is 0 Å². The number of carboxylic acid groups (broad SMARTS) is 1. The van der Waals surface area contributed by atoms with Crippen LogP contribution in [0.3, 0.4) is 0 Å². The molecule has 20 heavy (non-hydrogen) atoms. The monoisotopic (exact) mass is 284 g/mol. The summed E-state index contributed by atoms with van der Waals surface area (Å²) in [5, 5.41) is 12.6. The minimum absolute atomic E-state index is 0.193. The van der Waals surface area contributed by atoms with Gasteiger partial charge in [-0.25, -0.2) is 0 Å². The first-order chi connectivity index (χ1) is 9.35. The molecule has 1 fully saturated rings. The van der Waals surface area contributed by atoms with Crippen molar-refractivity contribution in [2.45, 2.75) is 83.8 Å². The van der Waals surface area contributed by atoms with Gasteiger partial charge < -0.3 is 10.0 Å². The molecule has 118 valence electrons. The molecule has 0 aromatic rings. The van der Waals surface area contributed by atoms with Crippen molar-refractivity contribution in [3.63, 3.8) is 0 Å². The van der Waals surface area contributed by atoms with Gasteiger partial charge in [0.25, 0.3) is 0 Å². The lowest BCUT2D eigenvalue weighted by Gasteiger charge is -2.34. The third-order valence-electron chi connectivity index (χ3n) is 4.39. The maximum Gasteiger partial charge on any atom is 0.323 e. The number of carbonyl (C=O) groups is 1. The van der Waals surface area contributed by atoms with Gasteiger partial charge >= 0.3 is 5.97 Å². The number of nitrogens with zero attached hydrogens (tertiary/aromatic N) is 1. The van der Waals surface area contributed by atoms with E-state index in [-0.39, 0.29) is 6.04 Å². The van der Waals surface area contributed by atoms with Crippen molar-refractivity contribution in [1.82, 2.24) is 10.2 Å². The van der Waals surface area contributed by atoms with E-state index in [9.17, 15) is 9.90 Å². The van der Waals surface area contributed by atoms with Crippen LogP contribution in [-0.4, -0.2) is 46.7 Å². The first-order valence-electron chi connectivity index (χ1n) is 8.10. The summed E-state index contributed by atoms with van der Waals surface area (Å²) >= 11 is 0. The van der Waals surface area contributed by atoms with Crippen molar-refractivity contribution in [3.05, 3.63) is 0 Å². The number of hydrogen-bond acceptors (Lipinski definition) is 3. The number of piperidine rings is 1. The van der Waals surface area contributed by atoms with Gasteiger partial charge in [0.2, 0.25) is 0 Å². The van der Waals surface area contributed by atoms with Crippen LogP contribution in [0.15, 0.2) is 0 Å². The fourth-order valence-corrected chi connectivity index (χ4v) is 3.16. The highest BCUT2D eigenvalue weighted by atomic mass is 16.4. The number of hydrogen-bond donors (Lipinski definition) is 2. The van der Waals surface area contributed by atoms with Gasteiger partial charge in [-0.15, -0.1) is 0 Å². The number of aliphatic carboxylic acids is 1. The van der Waals surface area contributed by atoms with Crippen molar-refractivity contribution in [2.75, 3.05) is 13.1 Å². The molecule has 4 heteroatoms. The number of carboxylic acids is 1. The van der Waals surface area contributed by atoms with Gasteiger partial charge in [0.05, 0.1) is 0 Å². The van der Waals surface area contributed by atoms with Gasteiger partial charge in [-0.3, -0.25) is 10.1 Å². The van der Waals surface area contributed by atoms with Gasteiger partial charge in [0, 0.05) is 12.1 Å². The summed E-state index contributed by atoms with van der Waals surface area (Å²) < 4.78 is 0. The number of nitrogens with one attached hydrogen (secondary N) is 1. The fourth-order valence-electron chi connectivity index (χ4n) is 3.16. The quantitative estimate of drug-likeness (QED) is 0.673. The molecule has 0 radical (unpaired) electrons. The van der Waals surface area contributed by atoms with Crippen molar-refractivity contribution in [3.8, 4) is 0 Å². The molecule has 2 atom stereocenters. The van der Waals surface area contributed by atoms with Gasteiger partial charge in [-0.05, 0) is 72.9 Å². The number of likely N-dealkylation sites (tertiary alicyclic amines) is 1. The topological polar surface area (TPSA) is 52.6 Å². The van der Waals surface area contributed by atoms with E-state index >= 15 is 0 Å². The first-order valence-corrected chi connectivity index (χ1v) is 8.10. The van der Waals surface area contributed by atoms with Gasteiger partial charge in [-0.1, -0.05) is 6.42 Å². The van der Waals surface area contributed by atoms with E-state index in [2.05, 4.69) is 17.1 Å². The van der Waals surface area contributed by atoms with Crippen LogP contribution in [0.2, 0.25) is 0 Å². The summed E-state index contributed by atoms with van der Waals surface area (Å²) in [4.78, 5) is 14.0. The second-order valence-electron chi connectivity index (χ2n) is 6.77. The maximum absolute atomic E-state index is 11.4. The normalized spacial score (nSPS) is 23.8. The van der Waals surface area contributed by atoms with Crippen LogP contribution in [0.1, 0.15) is 66.2 Å². The summed E-state index contributed by atoms with van der Waals surface area (Å²) in [7, 11) is 0. The Morgan fingerprint density at radius 2 is 2.10 bits per heavy atom. The average Bonchev–Trinajstić information content (AvgIpc) is 2.35. The molecular formula is C16H32N2O2. The smallest absolute Gasteiger partial charge is 0.323 e. The van der Waals surface area contributed by atoms with Crippen LogP contribution in [0.4, 0.5) is 0 Å². The zero-order chi connectivity index (χ0) is 15.2. The van der Waals surface area contributed by atoms with E-state index in [0.29, 0.717) is 12.5 Å². The molecule has 0 aromatic carbocycles. The Labute approximate surface area is 123 Å². The second kappa shape index (κ2) is 7.99. The second-order valence-corrected chi connectivity index (χ2v) is 6.77. The highest BCUT2D eigenvalue weighted by Gasteiger charge is 2.32. The van der Waals surface area contributed by atoms with E-state index < -0.39 is 11.5 Å². The lowest BCUT2D eigenvalue weighted by atomic mass is 9.93. The Morgan fingerprint density at radius 1 is 1.40 bits per heavy atom. The van der Waals surface area contributed by atoms with Crippen LogP contribution >= 0.6 is 0 Å². The zero-order valence-corrected chi connectivity index (χ0v) is 13.6. The van der Waals surface area contributed by atoms with Gasteiger partial charge in [0.1, 0.15) is 5.54 Å². The Balaban J connectivity index is 2.32. The molecule has 1 saturated heterocycles. The first kappa shape index (κ1) is 17.4. The van der Waals surface area contributed by atoms with Crippen LogP contribution in [-0.2, 0) is 4.79 Å². The van der Waals surface area contributed by atoms with Gasteiger partial charge in [0.15, 0.2) is 0 Å². The minimum atomic E-state index is -0.790. The molecule has 0 spiro atoms. The fraction of sp³-hybridized carbons (Fsp3) is 0.938. The average molecular weight is 284 g/mol. The van der Waals surface area contributed by atoms with E-state index in [4.69, 9.17) is 0 Å². The molecule has 1 rings (SSSR count). The lowest BCUT2D eigenvalue weighted by molar-refractivity contribution is -0.144. The third kappa shape index (κ3) is 5.41. The van der Waals surface area contributed by atoms with Crippen molar-refractivity contribution < 1.29 is 9.90 Å². The predicted octanol–water partition coefficient (Wildman–Crippen LogP) is 2.87. The van der Waals surface area contributed by atoms with Crippen molar-refractivity contribution in [1.29, 1.82) is 0 Å². The number of rotatable bonds is 8. The molecule has 4 nitrogen and oxygen atoms in total. The summed E-state index contributed by atoms with van der Waals surface area (Å²) in [6.45, 7) is 10.4. The Kier molecular flexibility index (Phi) is 6.96. The van der Waals surface area contributed by atoms with E-state index in [1.165, 1.54) is 25.8 Å². The van der Waals surface area contributed by atoms with Crippen molar-refractivity contribution >= 4 is 5.97 Å². The molecule has 0 bridgehead atoms. The SMILES string of the molecule is CC(C)NC(C)(CCCCN1CCCCC1C)C(=O)O. The highest BCUT2D eigenvalue weighted by Crippen LogP contribution is 2.19. The summed E-state index contributed by atoms with van der Waals surface area (Å²) in [6, 6.07) is 0.890.